The van der Waals surface area contributed by atoms with Crippen molar-refractivity contribution in [3.63, 3.8) is 0 Å². The van der Waals surface area contributed by atoms with E-state index in [0.717, 1.165) is 12.8 Å². The van der Waals surface area contributed by atoms with Gasteiger partial charge in [-0.05, 0) is 25.9 Å². The van der Waals surface area contributed by atoms with Crippen LogP contribution in [0.15, 0.2) is 0 Å². The van der Waals surface area contributed by atoms with Crippen molar-refractivity contribution in [2.24, 2.45) is 5.73 Å². The molecular weight excluding hydrogens is 155 g/mol. The topological polar surface area (TPSA) is 78.2 Å². The number of rotatable bonds is 6. The first-order valence-corrected chi connectivity index (χ1v) is 3.38. The van der Waals surface area contributed by atoms with Crippen LogP contribution in [0, 0.1) is 0 Å². The van der Waals surface area contributed by atoms with Gasteiger partial charge in [-0.2, -0.15) is 0 Å². The molecule has 0 aromatic rings. The number of aliphatic carboxylic acids is 1. The predicted octanol–water partition coefficient (Wildman–Crippen LogP) is -4.93. The van der Waals surface area contributed by atoms with Crippen LogP contribution in [0.5, 0.6) is 0 Å². The molecule has 0 aliphatic rings. The van der Waals surface area contributed by atoms with Crippen molar-refractivity contribution in [3.8, 4) is 0 Å². The van der Waals surface area contributed by atoms with Gasteiger partial charge in [0.15, 0.2) is 0 Å². The van der Waals surface area contributed by atoms with Gasteiger partial charge in [0, 0.05) is 6.54 Å². The summed E-state index contributed by atoms with van der Waals surface area (Å²) in [5, 5.41) is 12.5. The zero-order valence-corrected chi connectivity index (χ0v) is 8.93. The number of carbonyl (C=O) groups excluding carboxylic acids is 1. The fourth-order valence-corrected chi connectivity index (χ4v) is 0.585. The molecule has 0 fully saturated rings. The largest absolute Gasteiger partial charge is 1.00 e. The van der Waals surface area contributed by atoms with Gasteiger partial charge in [0.1, 0.15) is 0 Å². The van der Waals surface area contributed by atoms with Crippen LogP contribution in [0.25, 0.3) is 0 Å². The Hall–Kier alpha value is 0.390. The van der Waals surface area contributed by atoms with E-state index in [4.69, 9.17) is 5.73 Å². The third-order valence-corrected chi connectivity index (χ3v) is 1.08. The molecule has 0 saturated carbocycles. The summed E-state index contributed by atoms with van der Waals surface area (Å²) >= 11 is 0. The fraction of sp³-hybridized carbons (Fsp3) is 0.833. The van der Waals surface area contributed by atoms with E-state index < -0.39 is 5.97 Å². The maximum atomic E-state index is 9.83. The van der Waals surface area contributed by atoms with Crippen molar-refractivity contribution < 1.29 is 39.5 Å². The Morgan fingerprint density at radius 2 is 2.09 bits per heavy atom. The van der Waals surface area contributed by atoms with Crippen molar-refractivity contribution in [2.45, 2.75) is 12.8 Å². The number of carboxylic acid groups (broad SMARTS) is 1. The first kappa shape index (κ1) is 13.9. The van der Waals surface area contributed by atoms with Gasteiger partial charge in [0.25, 0.3) is 0 Å². The van der Waals surface area contributed by atoms with Crippen LogP contribution in [0.1, 0.15) is 12.8 Å². The molecule has 5 heteroatoms. The molecule has 0 saturated heterocycles. The molecule has 4 nitrogen and oxygen atoms in total. The Balaban J connectivity index is 0. The summed E-state index contributed by atoms with van der Waals surface area (Å²) in [5.41, 5.74) is 5.21. The summed E-state index contributed by atoms with van der Waals surface area (Å²) < 4.78 is 0. The SMILES string of the molecule is NCCCCNCC(=O)[O-].[Na+]. The van der Waals surface area contributed by atoms with Crippen LogP contribution in [0.2, 0.25) is 0 Å². The normalized spacial score (nSPS) is 8.82. The van der Waals surface area contributed by atoms with Crippen molar-refractivity contribution >= 4 is 5.97 Å². The van der Waals surface area contributed by atoms with Gasteiger partial charge >= 0.3 is 29.6 Å². The van der Waals surface area contributed by atoms with E-state index in [1.165, 1.54) is 0 Å². The molecule has 0 atom stereocenters. The minimum Gasteiger partial charge on any atom is -0.549 e. The van der Waals surface area contributed by atoms with Gasteiger partial charge in [0.2, 0.25) is 0 Å². The zero-order chi connectivity index (χ0) is 7.82. The average molecular weight is 168 g/mol. The van der Waals surface area contributed by atoms with E-state index in [0.29, 0.717) is 13.1 Å². The number of carbonyl (C=O) groups is 1. The second kappa shape index (κ2) is 10.4. The summed E-state index contributed by atoms with van der Waals surface area (Å²) in [6.45, 7) is 1.29. The van der Waals surface area contributed by atoms with Gasteiger partial charge in [-0.15, -0.1) is 0 Å². The summed E-state index contributed by atoms with van der Waals surface area (Å²) in [4.78, 5) is 9.83. The summed E-state index contributed by atoms with van der Waals surface area (Å²) in [6.07, 6.45) is 1.85. The van der Waals surface area contributed by atoms with E-state index in [1.54, 1.807) is 0 Å². The minimum absolute atomic E-state index is 0. The van der Waals surface area contributed by atoms with Crippen molar-refractivity contribution in [2.75, 3.05) is 19.6 Å². The van der Waals surface area contributed by atoms with Gasteiger partial charge in [0.05, 0.1) is 5.97 Å². The minimum atomic E-state index is -1.06. The number of hydrogen-bond donors (Lipinski definition) is 2. The van der Waals surface area contributed by atoms with Crippen molar-refractivity contribution in [3.05, 3.63) is 0 Å². The maximum absolute atomic E-state index is 9.83. The Bertz CT molecular complexity index is 101. The fourth-order valence-electron chi connectivity index (χ4n) is 0.585. The Morgan fingerprint density at radius 1 is 1.45 bits per heavy atom. The van der Waals surface area contributed by atoms with Gasteiger partial charge in [-0.3, -0.25) is 0 Å². The third kappa shape index (κ3) is 13.4. The Kier molecular flexibility index (Phi) is 13.2. The molecule has 0 aliphatic heterocycles. The molecule has 11 heavy (non-hydrogen) atoms. The number of nitrogens with one attached hydrogen (secondary N) is 1. The predicted molar refractivity (Wildman–Crippen MR) is 36.2 cm³/mol. The van der Waals surface area contributed by atoms with E-state index in [9.17, 15) is 9.90 Å². The number of carboxylic acids is 1. The molecular formula is C6H13N2NaO2. The summed E-state index contributed by atoms with van der Waals surface area (Å²) in [7, 11) is 0. The van der Waals surface area contributed by atoms with Gasteiger partial charge in [-0.1, -0.05) is 0 Å². The molecule has 0 rings (SSSR count). The third-order valence-electron chi connectivity index (χ3n) is 1.08. The molecule has 0 spiro atoms. The number of nitrogens with two attached hydrogens (primary N) is 1. The van der Waals surface area contributed by atoms with Crippen molar-refractivity contribution in [1.82, 2.24) is 5.32 Å². The molecule has 0 aromatic heterocycles. The molecule has 0 radical (unpaired) electrons. The summed E-state index contributed by atoms with van der Waals surface area (Å²) in [6, 6.07) is 0. The molecule has 0 amide bonds. The number of hydrogen-bond acceptors (Lipinski definition) is 4. The Morgan fingerprint density at radius 3 is 2.55 bits per heavy atom. The van der Waals surface area contributed by atoms with Crippen LogP contribution in [-0.4, -0.2) is 25.6 Å². The van der Waals surface area contributed by atoms with Gasteiger partial charge < -0.3 is 21.0 Å². The first-order chi connectivity index (χ1) is 4.77. The summed E-state index contributed by atoms with van der Waals surface area (Å²) in [5.74, 6) is -1.06. The van der Waals surface area contributed by atoms with E-state index in [2.05, 4.69) is 5.32 Å². The van der Waals surface area contributed by atoms with Crippen LogP contribution in [0.4, 0.5) is 0 Å². The monoisotopic (exact) mass is 168 g/mol. The second-order valence-electron chi connectivity index (χ2n) is 2.04. The van der Waals surface area contributed by atoms with E-state index in [1.807, 2.05) is 0 Å². The number of unbranched alkanes of at least 4 members (excludes halogenated alkanes) is 1. The molecule has 3 N–H and O–H groups in total. The Labute approximate surface area is 88.8 Å². The second-order valence-corrected chi connectivity index (χ2v) is 2.04. The van der Waals surface area contributed by atoms with Crippen LogP contribution < -0.4 is 45.7 Å². The molecule has 0 bridgehead atoms. The van der Waals surface area contributed by atoms with Gasteiger partial charge in [-0.25, -0.2) is 0 Å². The maximum Gasteiger partial charge on any atom is 1.00 e. The van der Waals surface area contributed by atoms with Crippen LogP contribution in [-0.2, 0) is 4.79 Å². The first-order valence-electron chi connectivity index (χ1n) is 3.38. The molecule has 60 valence electrons. The van der Waals surface area contributed by atoms with Crippen LogP contribution in [0.3, 0.4) is 0 Å². The molecule has 0 aliphatic carbocycles. The smallest absolute Gasteiger partial charge is 0.549 e. The van der Waals surface area contributed by atoms with E-state index >= 15 is 0 Å². The average Bonchev–Trinajstić information content (AvgIpc) is 1.87. The quantitative estimate of drug-likeness (QED) is 0.308. The van der Waals surface area contributed by atoms with E-state index in [-0.39, 0.29) is 36.1 Å². The zero-order valence-electron chi connectivity index (χ0n) is 6.93. The molecule has 0 unspecified atom stereocenters. The molecule has 0 heterocycles. The molecule has 0 aromatic carbocycles. The van der Waals surface area contributed by atoms with Crippen LogP contribution >= 0.6 is 0 Å². The van der Waals surface area contributed by atoms with Crippen molar-refractivity contribution in [1.29, 1.82) is 0 Å². The standard InChI is InChI=1S/C6H14N2O2.Na/c7-3-1-2-4-8-5-6(9)10;/h8H,1-5,7H2,(H,9,10);/q;+1/p-1.